The fraction of sp³-hybridized carbons (Fsp3) is 0.810. The number of esters is 2. The molecule has 0 aromatic rings. The first-order valence-corrected chi connectivity index (χ1v) is 9.95. The molecule has 3 aliphatic carbocycles. The van der Waals surface area contributed by atoms with Crippen LogP contribution in [0.1, 0.15) is 65.7 Å². The predicted octanol–water partition coefficient (Wildman–Crippen LogP) is 2.86. The van der Waals surface area contributed by atoms with Crippen LogP contribution >= 0.6 is 0 Å². The molecular formula is C21H30O6. The molecule has 3 aliphatic rings. The highest BCUT2D eigenvalue weighted by Gasteiger charge is 2.61. The Hall–Kier alpha value is -1.72. The number of ketones is 2. The number of carbonyl (C=O) groups is 4. The molecule has 150 valence electrons. The first kappa shape index (κ1) is 20.0. The maximum Gasteiger partial charge on any atom is 0.309 e. The minimum absolute atomic E-state index is 0.0480. The van der Waals surface area contributed by atoms with E-state index >= 15 is 0 Å². The molecule has 3 saturated carbocycles. The second kappa shape index (κ2) is 7.02. The molecule has 3 rings (SSSR count). The van der Waals surface area contributed by atoms with Gasteiger partial charge in [-0.1, -0.05) is 13.8 Å². The van der Waals surface area contributed by atoms with Crippen LogP contribution in [0.25, 0.3) is 0 Å². The van der Waals surface area contributed by atoms with Crippen LogP contribution in [0.3, 0.4) is 0 Å². The summed E-state index contributed by atoms with van der Waals surface area (Å²) in [5, 5.41) is 0. The number of hydrogen-bond donors (Lipinski definition) is 0. The molecule has 6 heteroatoms. The van der Waals surface area contributed by atoms with E-state index in [1.165, 1.54) is 14.0 Å². The van der Waals surface area contributed by atoms with Crippen molar-refractivity contribution in [2.45, 2.75) is 71.8 Å². The fourth-order valence-corrected chi connectivity index (χ4v) is 5.96. The summed E-state index contributed by atoms with van der Waals surface area (Å²) in [4.78, 5) is 49.6. The zero-order valence-electron chi connectivity index (χ0n) is 16.7. The standard InChI is InChI=1S/C21H30O6/c1-12(22)27-13-7-9-21(3,17(24)11-13)15-8-10-20(2)14(5-6-16(20)23)18(15)19(25)26-4/h13-15,18H,5-11H2,1-4H3. The Morgan fingerprint density at radius 2 is 1.56 bits per heavy atom. The largest absolute Gasteiger partial charge is 0.469 e. The maximum absolute atomic E-state index is 13.1. The lowest BCUT2D eigenvalue weighted by Crippen LogP contribution is -2.54. The molecule has 27 heavy (non-hydrogen) atoms. The van der Waals surface area contributed by atoms with Crippen LogP contribution in [0.15, 0.2) is 0 Å². The van der Waals surface area contributed by atoms with Gasteiger partial charge in [-0.2, -0.15) is 0 Å². The monoisotopic (exact) mass is 378 g/mol. The van der Waals surface area contributed by atoms with Gasteiger partial charge in [-0.25, -0.2) is 0 Å². The van der Waals surface area contributed by atoms with Gasteiger partial charge in [0.15, 0.2) is 0 Å². The van der Waals surface area contributed by atoms with Crippen molar-refractivity contribution in [1.29, 1.82) is 0 Å². The molecule has 0 radical (unpaired) electrons. The van der Waals surface area contributed by atoms with E-state index in [9.17, 15) is 19.2 Å². The van der Waals surface area contributed by atoms with Crippen molar-refractivity contribution in [2.24, 2.45) is 28.6 Å². The quantitative estimate of drug-likeness (QED) is 0.702. The molecule has 6 atom stereocenters. The van der Waals surface area contributed by atoms with Crippen LogP contribution in [0.4, 0.5) is 0 Å². The average molecular weight is 378 g/mol. The van der Waals surface area contributed by atoms with E-state index < -0.39 is 16.7 Å². The Labute approximate surface area is 160 Å². The molecule has 0 heterocycles. The Balaban J connectivity index is 1.88. The summed E-state index contributed by atoms with van der Waals surface area (Å²) in [5.41, 5.74) is -1.13. The molecule has 6 nitrogen and oxygen atoms in total. The fourth-order valence-electron chi connectivity index (χ4n) is 5.96. The first-order valence-electron chi connectivity index (χ1n) is 9.95. The molecule has 0 aromatic carbocycles. The van der Waals surface area contributed by atoms with Gasteiger partial charge in [-0.05, 0) is 43.9 Å². The van der Waals surface area contributed by atoms with Gasteiger partial charge in [-0.15, -0.1) is 0 Å². The van der Waals surface area contributed by atoms with Crippen LogP contribution in [0, 0.1) is 28.6 Å². The normalized spacial score (nSPS) is 41.8. The molecule has 3 fully saturated rings. The van der Waals surface area contributed by atoms with Gasteiger partial charge >= 0.3 is 11.9 Å². The van der Waals surface area contributed by atoms with Crippen molar-refractivity contribution in [3.8, 4) is 0 Å². The van der Waals surface area contributed by atoms with Gasteiger partial charge in [0.1, 0.15) is 17.7 Å². The number of carbonyl (C=O) groups excluding carboxylic acids is 4. The second-order valence-electron chi connectivity index (χ2n) is 8.99. The molecule has 0 spiro atoms. The lowest BCUT2D eigenvalue weighted by atomic mass is 9.51. The predicted molar refractivity (Wildman–Crippen MR) is 96.6 cm³/mol. The Kier molecular flexibility index (Phi) is 5.21. The van der Waals surface area contributed by atoms with E-state index in [1.807, 2.05) is 13.8 Å². The van der Waals surface area contributed by atoms with Gasteiger partial charge in [0.05, 0.1) is 13.0 Å². The Morgan fingerprint density at radius 1 is 0.963 bits per heavy atom. The summed E-state index contributed by atoms with van der Waals surface area (Å²) in [6.07, 6.45) is 3.59. The summed E-state index contributed by atoms with van der Waals surface area (Å²) in [7, 11) is 1.38. The van der Waals surface area contributed by atoms with Gasteiger partial charge in [0.2, 0.25) is 0 Å². The van der Waals surface area contributed by atoms with Gasteiger partial charge in [0, 0.05) is 30.6 Å². The Bertz CT molecular complexity index is 670. The van der Waals surface area contributed by atoms with Crippen molar-refractivity contribution in [2.75, 3.05) is 7.11 Å². The highest BCUT2D eigenvalue weighted by molar-refractivity contribution is 5.90. The van der Waals surface area contributed by atoms with Gasteiger partial charge in [-0.3, -0.25) is 19.2 Å². The summed E-state index contributed by atoms with van der Waals surface area (Å²) < 4.78 is 10.4. The zero-order valence-corrected chi connectivity index (χ0v) is 16.7. The molecule has 0 N–H and O–H groups in total. The lowest BCUT2D eigenvalue weighted by Gasteiger charge is -2.51. The summed E-state index contributed by atoms with van der Waals surface area (Å²) in [5.74, 6) is -1.03. The third-order valence-electron chi connectivity index (χ3n) is 7.64. The second-order valence-corrected chi connectivity index (χ2v) is 8.99. The van der Waals surface area contributed by atoms with Crippen molar-refractivity contribution < 1.29 is 28.7 Å². The van der Waals surface area contributed by atoms with E-state index in [0.29, 0.717) is 38.5 Å². The number of ether oxygens (including phenoxy) is 2. The lowest BCUT2D eigenvalue weighted by molar-refractivity contribution is -0.166. The van der Waals surface area contributed by atoms with E-state index in [0.717, 1.165) is 0 Å². The van der Waals surface area contributed by atoms with Crippen molar-refractivity contribution in [3.05, 3.63) is 0 Å². The summed E-state index contributed by atoms with van der Waals surface area (Å²) in [6.45, 7) is 5.27. The minimum Gasteiger partial charge on any atom is -0.469 e. The van der Waals surface area contributed by atoms with Crippen LogP contribution in [0.5, 0.6) is 0 Å². The average Bonchev–Trinajstić information content (AvgIpc) is 2.91. The van der Waals surface area contributed by atoms with Gasteiger partial charge < -0.3 is 9.47 Å². The van der Waals surface area contributed by atoms with E-state index in [4.69, 9.17) is 9.47 Å². The highest BCUT2D eigenvalue weighted by Crippen LogP contribution is 2.59. The topological polar surface area (TPSA) is 86.7 Å². The number of hydrogen-bond acceptors (Lipinski definition) is 6. The summed E-state index contributed by atoms with van der Waals surface area (Å²) >= 11 is 0. The maximum atomic E-state index is 13.1. The number of rotatable bonds is 3. The van der Waals surface area contributed by atoms with Crippen LogP contribution < -0.4 is 0 Å². The third kappa shape index (κ3) is 3.21. The van der Waals surface area contributed by atoms with Crippen molar-refractivity contribution >= 4 is 23.5 Å². The van der Waals surface area contributed by atoms with E-state index in [2.05, 4.69) is 0 Å². The summed E-state index contributed by atoms with van der Waals surface area (Å²) in [6, 6.07) is 0. The van der Waals surface area contributed by atoms with Crippen LogP contribution in [-0.4, -0.2) is 36.7 Å². The van der Waals surface area contributed by atoms with Gasteiger partial charge in [0.25, 0.3) is 0 Å². The molecule has 6 unspecified atom stereocenters. The molecule has 0 saturated heterocycles. The van der Waals surface area contributed by atoms with Crippen molar-refractivity contribution in [1.82, 2.24) is 0 Å². The third-order valence-corrected chi connectivity index (χ3v) is 7.64. The van der Waals surface area contributed by atoms with Crippen LogP contribution in [-0.2, 0) is 28.7 Å². The highest BCUT2D eigenvalue weighted by atomic mass is 16.5. The smallest absolute Gasteiger partial charge is 0.309 e. The minimum atomic E-state index is -0.650. The number of Topliss-reactive ketones (excluding diaryl/α,β-unsaturated/α-hetero) is 2. The van der Waals surface area contributed by atoms with E-state index in [1.54, 1.807) is 0 Å². The van der Waals surface area contributed by atoms with E-state index in [-0.39, 0.29) is 47.9 Å². The molecule has 0 aliphatic heterocycles. The molecule has 0 amide bonds. The van der Waals surface area contributed by atoms with Crippen molar-refractivity contribution in [3.63, 3.8) is 0 Å². The SMILES string of the molecule is COC(=O)C1C2CCC(=O)C2(C)CCC1C1(C)CCC(OC(C)=O)CC1=O. The first-order chi connectivity index (χ1) is 12.6. The molecular weight excluding hydrogens is 348 g/mol. The number of fused-ring (bicyclic) bond motifs is 1. The van der Waals surface area contributed by atoms with Crippen LogP contribution in [0.2, 0.25) is 0 Å². The molecule has 0 aromatic heterocycles. The number of methoxy groups -OCH3 is 1. The Morgan fingerprint density at radius 3 is 2.15 bits per heavy atom. The zero-order chi connectivity index (χ0) is 20.0. The molecule has 0 bridgehead atoms.